The largest absolute Gasteiger partial charge is 0.350 e. The lowest BCUT2D eigenvalue weighted by atomic mass is 9.83. The lowest BCUT2D eigenvalue weighted by Gasteiger charge is -2.29. The highest BCUT2D eigenvalue weighted by Crippen LogP contribution is 2.52. The van der Waals surface area contributed by atoms with E-state index in [2.05, 4.69) is 10.3 Å². The molecule has 6 nitrogen and oxygen atoms in total. The van der Waals surface area contributed by atoms with Gasteiger partial charge in [-0.2, -0.15) is 0 Å². The first kappa shape index (κ1) is 15.0. The van der Waals surface area contributed by atoms with Gasteiger partial charge >= 0.3 is 4.87 Å². The number of rotatable bonds is 1. The third-order valence-electron chi connectivity index (χ3n) is 4.93. The Kier molecular flexibility index (Phi) is 3.05. The Bertz CT molecular complexity index is 1110. The smallest absolute Gasteiger partial charge is 0.305 e. The van der Waals surface area contributed by atoms with Crippen molar-refractivity contribution >= 4 is 45.8 Å². The van der Waals surface area contributed by atoms with Crippen LogP contribution in [0.2, 0.25) is 0 Å². The number of aromatic amines is 1. The summed E-state index contributed by atoms with van der Waals surface area (Å²) in [7, 11) is 1.96. The normalized spacial score (nSPS) is 25.1. The summed E-state index contributed by atoms with van der Waals surface area (Å²) in [6.07, 6.45) is 2.01. The van der Waals surface area contributed by atoms with Crippen molar-refractivity contribution in [3.8, 4) is 0 Å². The van der Waals surface area contributed by atoms with Gasteiger partial charge in [0.25, 0.3) is 0 Å². The Hall–Kier alpha value is -2.32. The van der Waals surface area contributed by atoms with Crippen LogP contribution in [-0.2, 0) is 16.6 Å². The molecule has 3 aromatic rings. The predicted molar refractivity (Wildman–Crippen MR) is 96.0 cm³/mol. The van der Waals surface area contributed by atoms with E-state index >= 15 is 0 Å². The van der Waals surface area contributed by atoms with Crippen molar-refractivity contribution in [2.24, 2.45) is 13.0 Å². The number of thiazole rings is 1. The van der Waals surface area contributed by atoms with E-state index in [-0.39, 0.29) is 22.6 Å². The lowest BCUT2D eigenvalue weighted by Crippen LogP contribution is -2.31. The molecule has 2 N–H and O–H groups in total. The number of hydrogen-bond acceptors (Lipinski definition) is 5. The average Bonchev–Trinajstić information content (AvgIpc) is 3.21. The number of H-pyrrole nitrogens is 1. The molecule has 8 heteroatoms. The number of aryl methyl sites for hydroxylation is 1. The minimum absolute atomic E-state index is 0.157. The van der Waals surface area contributed by atoms with Crippen molar-refractivity contribution in [1.29, 1.82) is 0 Å². The Morgan fingerprint density at radius 3 is 2.76 bits per heavy atom. The lowest BCUT2D eigenvalue weighted by molar-refractivity contribution is -0.125. The summed E-state index contributed by atoms with van der Waals surface area (Å²) in [5.74, 6) is -1.33. The number of para-hydroxylation sites is 1. The third kappa shape index (κ3) is 2.01. The minimum Gasteiger partial charge on any atom is -0.350 e. The monoisotopic (exact) mass is 371 g/mol. The van der Waals surface area contributed by atoms with Crippen LogP contribution in [0.25, 0.3) is 10.9 Å². The molecule has 1 aromatic carbocycles. The topological polar surface area (TPSA) is 84.0 Å². The molecule has 0 saturated carbocycles. The van der Waals surface area contributed by atoms with Gasteiger partial charge < -0.3 is 9.55 Å². The Labute approximate surface area is 150 Å². The Morgan fingerprint density at radius 1 is 1.12 bits per heavy atom. The standard InChI is InChI=1S/C17H13N3O3S2/c1-20-6-8(7-4-2-3-5-9(7)20)10-11-12(15(22)18-14(11)21)24-16-13(10)25-17(23)19-16/h2-6,10-12H,1H3,(H,19,23)(H,18,21,22). The third-order valence-corrected chi connectivity index (χ3v) is 7.34. The van der Waals surface area contributed by atoms with Gasteiger partial charge in [-0.15, -0.1) is 0 Å². The quantitative estimate of drug-likeness (QED) is 0.639. The second kappa shape index (κ2) is 5.09. The molecule has 126 valence electrons. The molecule has 5 rings (SSSR count). The van der Waals surface area contributed by atoms with E-state index in [1.165, 1.54) is 11.8 Å². The molecule has 4 heterocycles. The van der Waals surface area contributed by atoms with Crippen LogP contribution in [0.3, 0.4) is 0 Å². The van der Waals surface area contributed by atoms with Gasteiger partial charge in [0.1, 0.15) is 5.25 Å². The molecule has 2 aromatic heterocycles. The number of nitrogens with one attached hydrogen (secondary N) is 2. The molecular formula is C17H13N3O3S2. The molecule has 2 amide bonds. The van der Waals surface area contributed by atoms with Crippen molar-refractivity contribution in [2.75, 3.05) is 0 Å². The number of aromatic nitrogens is 2. The zero-order valence-corrected chi connectivity index (χ0v) is 14.7. The van der Waals surface area contributed by atoms with Crippen molar-refractivity contribution in [3.05, 3.63) is 50.6 Å². The molecule has 0 spiro atoms. The summed E-state index contributed by atoms with van der Waals surface area (Å²) < 4.78 is 2.02. The van der Waals surface area contributed by atoms with E-state index in [1.807, 2.05) is 42.1 Å². The highest BCUT2D eigenvalue weighted by molar-refractivity contribution is 8.00. The van der Waals surface area contributed by atoms with Gasteiger partial charge in [-0.1, -0.05) is 41.3 Å². The van der Waals surface area contributed by atoms with E-state index in [1.54, 1.807) is 0 Å². The molecule has 2 aliphatic heterocycles. The number of thioether (sulfide) groups is 1. The average molecular weight is 371 g/mol. The summed E-state index contributed by atoms with van der Waals surface area (Å²) >= 11 is 2.42. The first-order valence-electron chi connectivity index (χ1n) is 7.83. The van der Waals surface area contributed by atoms with Crippen LogP contribution >= 0.6 is 23.1 Å². The highest BCUT2D eigenvalue weighted by atomic mass is 32.2. The zero-order chi connectivity index (χ0) is 17.3. The van der Waals surface area contributed by atoms with E-state index in [0.717, 1.165) is 32.7 Å². The fourth-order valence-electron chi connectivity index (χ4n) is 3.89. The van der Waals surface area contributed by atoms with Crippen LogP contribution in [0, 0.1) is 5.92 Å². The molecular weight excluding hydrogens is 358 g/mol. The van der Waals surface area contributed by atoms with E-state index in [9.17, 15) is 14.4 Å². The minimum atomic E-state index is -0.505. The summed E-state index contributed by atoms with van der Waals surface area (Å²) in [4.78, 5) is 40.2. The van der Waals surface area contributed by atoms with E-state index < -0.39 is 11.2 Å². The summed E-state index contributed by atoms with van der Waals surface area (Å²) in [6, 6.07) is 7.97. The van der Waals surface area contributed by atoms with Gasteiger partial charge in [0.15, 0.2) is 0 Å². The molecule has 0 aliphatic carbocycles. The van der Waals surface area contributed by atoms with Crippen molar-refractivity contribution in [2.45, 2.75) is 16.2 Å². The summed E-state index contributed by atoms with van der Waals surface area (Å²) in [5, 5.41) is 3.70. The zero-order valence-electron chi connectivity index (χ0n) is 13.1. The fourth-order valence-corrected chi connectivity index (χ4v) is 6.37. The number of imide groups is 1. The molecule has 3 atom stereocenters. The van der Waals surface area contributed by atoms with Crippen LogP contribution in [0.5, 0.6) is 0 Å². The van der Waals surface area contributed by atoms with Crippen molar-refractivity contribution < 1.29 is 9.59 Å². The van der Waals surface area contributed by atoms with Gasteiger partial charge in [-0.05, 0) is 11.6 Å². The second-order valence-electron chi connectivity index (χ2n) is 6.32. The molecule has 0 bridgehead atoms. The number of carbonyl (C=O) groups is 2. The Balaban J connectivity index is 1.81. The Morgan fingerprint density at radius 2 is 1.92 bits per heavy atom. The van der Waals surface area contributed by atoms with E-state index in [4.69, 9.17) is 0 Å². The number of amides is 2. The van der Waals surface area contributed by atoms with Gasteiger partial charge in [-0.25, -0.2) is 0 Å². The van der Waals surface area contributed by atoms with Gasteiger partial charge in [-0.3, -0.25) is 19.7 Å². The molecule has 1 fully saturated rings. The SMILES string of the molecule is Cn1cc(C2c3sc(=O)[nH]c3SC3C(=O)NC(=O)C32)c2ccccc21. The van der Waals surface area contributed by atoms with Crippen LogP contribution in [0.15, 0.2) is 40.3 Å². The number of fused-ring (bicyclic) bond motifs is 3. The maximum Gasteiger partial charge on any atom is 0.305 e. The number of benzene rings is 1. The predicted octanol–water partition coefficient (Wildman–Crippen LogP) is 1.81. The number of carbonyl (C=O) groups excluding carboxylic acids is 2. The molecule has 0 radical (unpaired) electrons. The van der Waals surface area contributed by atoms with Crippen molar-refractivity contribution in [3.63, 3.8) is 0 Å². The van der Waals surface area contributed by atoms with Crippen LogP contribution in [-0.4, -0.2) is 26.6 Å². The summed E-state index contributed by atoms with van der Waals surface area (Å²) in [5.41, 5.74) is 2.04. The van der Waals surface area contributed by atoms with Crippen molar-refractivity contribution in [1.82, 2.24) is 14.9 Å². The summed E-state index contributed by atoms with van der Waals surface area (Å²) in [6.45, 7) is 0. The second-order valence-corrected chi connectivity index (χ2v) is 8.48. The van der Waals surface area contributed by atoms with Crippen LogP contribution < -0.4 is 10.2 Å². The van der Waals surface area contributed by atoms with Gasteiger partial charge in [0.2, 0.25) is 11.8 Å². The van der Waals surface area contributed by atoms with Crippen LogP contribution in [0.4, 0.5) is 0 Å². The molecule has 25 heavy (non-hydrogen) atoms. The number of hydrogen-bond donors (Lipinski definition) is 2. The maximum atomic E-state index is 12.5. The van der Waals surface area contributed by atoms with E-state index in [0.29, 0.717) is 5.03 Å². The maximum absolute atomic E-state index is 12.5. The number of nitrogens with zero attached hydrogens (tertiary/aromatic N) is 1. The first-order chi connectivity index (χ1) is 12.0. The molecule has 2 aliphatic rings. The molecule has 3 unspecified atom stereocenters. The van der Waals surface area contributed by atoms with Gasteiger partial charge in [0, 0.05) is 34.9 Å². The first-order valence-corrected chi connectivity index (χ1v) is 9.52. The fraction of sp³-hybridized carbons (Fsp3) is 0.235. The molecule has 1 saturated heterocycles. The highest BCUT2D eigenvalue weighted by Gasteiger charge is 2.52. The van der Waals surface area contributed by atoms with Crippen LogP contribution in [0.1, 0.15) is 16.4 Å². The van der Waals surface area contributed by atoms with Gasteiger partial charge in [0.05, 0.1) is 10.9 Å².